The second-order valence-corrected chi connectivity index (χ2v) is 4.09. The van der Waals surface area contributed by atoms with Gasteiger partial charge in [-0.2, -0.15) is 0 Å². The number of aromatic nitrogens is 2. The van der Waals surface area contributed by atoms with E-state index >= 15 is 0 Å². The van der Waals surface area contributed by atoms with E-state index in [4.69, 9.17) is 11.6 Å². The molecule has 4 nitrogen and oxygen atoms in total. The van der Waals surface area contributed by atoms with Crippen LogP contribution in [0.15, 0.2) is 0 Å². The van der Waals surface area contributed by atoms with Gasteiger partial charge in [0.15, 0.2) is 0 Å². The molecule has 0 aliphatic carbocycles. The standard InChI is InChI=1S/C10H14ClN3O/c1-3-9(15)14-5-4-7-8(6-14)13(2)10(11)12-7/h3-6H2,1-2H3. The van der Waals surface area contributed by atoms with E-state index in [1.165, 1.54) is 0 Å². The molecule has 0 fully saturated rings. The molecular weight excluding hydrogens is 214 g/mol. The molecule has 0 N–H and O–H groups in total. The molecule has 0 saturated carbocycles. The van der Waals surface area contributed by atoms with Gasteiger partial charge in [0.1, 0.15) is 0 Å². The zero-order chi connectivity index (χ0) is 11.0. The molecule has 0 radical (unpaired) electrons. The van der Waals surface area contributed by atoms with E-state index in [0.717, 1.165) is 24.4 Å². The highest BCUT2D eigenvalue weighted by Gasteiger charge is 2.24. The Hall–Kier alpha value is -1.03. The van der Waals surface area contributed by atoms with E-state index in [0.29, 0.717) is 18.2 Å². The summed E-state index contributed by atoms with van der Waals surface area (Å²) in [5.74, 6) is 0.193. The molecule has 0 atom stereocenters. The molecule has 1 aliphatic rings. The Morgan fingerprint density at radius 1 is 1.60 bits per heavy atom. The highest BCUT2D eigenvalue weighted by molar-refractivity contribution is 6.28. The fraction of sp³-hybridized carbons (Fsp3) is 0.600. The number of carbonyl (C=O) groups excluding carboxylic acids is 1. The molecule has 5 heteroatoms. The highest BCUT2D eigenvalue weighted by Crippen LogP contribution is 2.21. The van der Waals surface area contributed by atoms with Crippen molar-refractivity contribution >= 4 is 17.5 Å². The van der Waals surface area contributed by atoms with Crippen LogP contribution in [0.25, 0.3) is 0 Å². The van der Waals surface area contributed by atoms with E-state index in [1.54, 1.807) is 0 Å². The Morgan fingerprint density at radius 2 is 2.33 bits per heavy atom. The Morgan fingerprint density at radius 3 is 3.00 bits per heavy atom. The molecule has 1 amide bonds. The second-order valence-electron chi connectivity index (χ2n) is 3.75. The van der Waals surface area contributed by atoms with Crippen LogP contribution in [-0.4, -0.2) is 26.9 Å². The first-order valence-corrected chi connectivity index (χ1v) is 5.49. The van der Waals surface area contributed by atoms with Gasteiger partial charge in [0.05, 0.1) is 17.9 Å². The average Bonchev–Trinajstić information content (AvgIpc) is 2.54. The third kappa shape index (κ3) is 1.74. The van der Waals surface area contributed by atoms with Gasteiger partial charge >= 0.3 is 0 Å². The van der Waals surface area contributed by atoms with E-state index in [9.17, 15) is 4.79 Å². The smallest absolute Gasteiger partial charge is 0.222 e. The number of fused-ring (bicyclic) bond motifs is 1. The summed E-state index contributed by atoms with van der Waals surface area (Å²) in [4.78, 5) is 17.7. The van der Waals surface area contributed by atoms with E-state index in [2.05, 4.69) is 4.98 Å². The van der Waals surface area contributed by atoms with Gasteiger partial charge in [0, 0.05) is 26.4 Å². The predicted octanol–water partition coefficient (Wildman–Crippen LogP) is 1.37. The Bertz CT molecular complexity index is 400. The summed E-state index contributed by atoms with van der Waals surface area (Å²) in [6, 6.07) is 0. The lowest BCUT2D eigenvalue weighted by atomic mass is 10.1. The maximum atomic E-state index is 11.6. The Labute approximate surface area is 93.8 Å². The first-order chi connectivity index (χ1) is 7.13. The summed E-state index contributed by atoms with van der Waals surface area (Å²) in [5, 5.41) is 0.505. The van der Waals surface area contributed by atoms with Crippen LogP contribution >= 0.6 is 11.6 Å². The summed E-state index contributed by atoms with van der Waals surface area (Å²) in [6.07, 6.45) is 1.36. The highest BCUT2D eigenvalue weighted by atomic mass is 35.5. The third-order valence-electron chi connectivity index (χ3n) is 2.86. The lowest BCUT2D eigenvalue weighted by Crippen LogP contribution is -2.36. The van der Waals surface area contributed by atoms with E-state index in [1.807, 2.05) is 23.4 Å². The normalized spacial score (nSPS) is 15.3. The van der Waals surface area contributed by atoms with Crippen LogP contribution in [0.3, 0.4) is 0 Å². The maximum absolute atomic E-state index is 11.6. The van der Waals surface area contributed by atoms with Crippen molar-refractivity contribution in [3.8, 4) is 0 Å². The number of rotatable bonds is 1. The van der Waals surface area contributed by atoms with Crippen molar-refractivity contribution < 1.29 is 4.79 Å². The summed E-state index contributed by atoms with van der Waals surface area (Å²) >= 11 is 5.93. The van der Waals surface area contributed by atoms with Crippen molar-refractivity contribution in [3.63, 3.8) is 0 Å². The monoisotopic (exact) mass is 227 g/mol. The van der Waals surface area contributed by atoms with Crippen LogP contribution in [0.1, 0.15) is 24.7 Å². The fourth-order valence-corrected chi connectivity index (χ4v) is 2.09. The van der Waals surface area contributed by atoms with Gasteiger partial charge in [0.25, 0.3) is 0 Å². The molecule has 0 unspecified atom stereocenters. The number of amides is 1. The summed E-state index contributed by atoms with van der Waals surface area (Å²) < 4.78 is 1.85. The molecular formula is C10H14ClN3O. The van der Waals surface area contributed by atoms with Crippen molar-refractivity contribution in [2.75, 3.05) is 6.54 Å². The molecule has 1 aromatic heterocycles. The van der Waals surface area contributed by atoms with Crippen molar-refractivity contribution in [1.29, 1.82) is 0 Å². The average molecular weight is 228 g/mol. The first kappa shape index (κ1) is 10.5. The van der Waals surface area contributed by atoms with Gasteiger partial charge in [-0.05, 0) is 11.6 Å². The molecule has 0 spiro atoms. The molecule has 0 saturated heterocycles. The number of halogens is 1. The van der Waals surface area contributed by atoms with Crippen molar-refractivity contribution in [3.05, 3.63) is 16.7 Å². The van der Waals surface area contributed by atoms with E-state index < -0.39 is 0 Å². The van der Waals surface area contributed by atoms with E-state index in [-0.39, 0.29) is 5.91 Å². The van der Waals surface area contributed by atoms with Gasteiger partial charge in [-0.3, -0.25) is 4.79 Å². The van der Waals surface area contributed by atoms with Crippen LogP contribution in [0.4, 0.5) is 0 Å². The molecule has 1 aromatic rings. The molecule has 15 heavy (non-hydrogen) atoms. The maximum Gasteiger partial charge on any atom is 0.222 e. The third-order valence-corrected chi connectivity index (χ3v) is 3.19. The van der Waals surface area contributed by atoms with Crippen LogP contribution in [-0.2, 0) is 24.8 Å². The van der Waals surface area contributed by atoms with Crippen LogP contribution in [0.5, 0.6) is 0 Å². The molecule has 0 bridgehead atoms. The molecule has 2 rings (SSSR count). The van der Waals surface area contributed by atoms with Gasteiger partial charge in [-0.15, -0.1) is 0 Å². The zero-order valence-electron chi connectivity index (χ0n) is 8.96. The number of hydrogen-bond donors (Lipinski definition) is 0. The number of nitrogens with zero attached hydrogens (tertiary/aromatic N) is 3. The number of carbonyl (C=O) groups is 1. The zero-order valence-corrected chi connectivity index (χ0v) is 9.71. The van der Waals surface area contributed by atoms with Crippen molar-refractivity contribution in [1.82, 2.24) is 14.5 Å². The summed E-state index contributed by atoms with van der Waals surface area (Å²) in [7, 11) is 1.88. The quantitative estimate of drug-likeness (QED) is 0.727. The van der Waals surface area contributed by atoms with Gasteiger partial charge in [0.2, 0.25) is 11.2 Å². The first-order valence-electron chi connectivity index (χ1n) is 5.11. The number of hydrogen-bond acceptors (Lipinski definition) is 2. The second kappa shape index (κ2) is 3.85. The van der Waals surface area contributed by atoms with Crippen LogP contribution in [0, 0.1) is 0 Å². The van der Waals surface area contributed by atoms with Crippen LogP contribution in [0.2, 0.25) is 5.28 Å². The summed E-state index contributed by atoms with van der Waals surface area (Å²) in [5.41, 5.74) is 2.09. The molecule has 0 aromatic carbocycles. The summed E-state index contributed by atoms with van der Waals surface area (Å²) in [6.45, 7) is 3.28. The Balaban J connectivity index is 2.26. The fourth-order valence-electron chi connectivity index (χ4n) is 1.89. The Kier molecular flexibility index (Phi) is 2.69. The van der Waals surface area contributed by atoms with Crippen molar-refractivity contribution in [2.24, 2.45) is 7.05 Å². The minimum absolute atomic E-state index is 0.193. The topological polar surface area (TPSA) is 38.1 Å². The molecule has 1 aliphatic heterocycles. The lowest BCUT2D eigenvalue weighted by molar-refractivity contribution is -0.131. The molecule has 82 valence electrons. The van der Waals surface area contributed by atoms with Crippen molar-refractivity contribution in [2.45, 2.75) is 26.3 Å². The molecule has 2 heterocycles. The predicted molar refractivity (Wildman–Crippen MR) is 57.6 cm³/mol. The largest absolute Gasteiger partial charge is 0.336 e. The number of imidazole rings is 1. The minimum atomic E-state index is 0.193. The SMILES string of the molecule is CCC(=O)N1CCc2nc(Cl)n(C)c2C1. The minimum Gasteiger partial charge on any atom is -0.336 e. The van der Waals surface area contributed by atoms with Gasteiger partial charge in [-0.1, -0.05) is 6.92 Å². The van der Waals surface area contributed by atoms with Gasteiger partial charge in [-0.25, -0.2) is 4.98 Å². The van der Waals surface area contributed by atoms with Gasteiger partial charge < -0.3 is 9.47 Å². The lowest BCUT2D eigenvalue weighted by Gasteiger charge is -2.26. The van der Waals surface area contributed by atoms with Crippen LogP contribution < -0.4 is 0 Å².